The summed E-state index contributed by atoms with van der Waals surface area (Å²) in [5.41, 5.74) is 2.51. The molecule has 4 amide bonds. The number of hydrazine groups is 1. The van der Waals surface area contributed by atoms with E-state index in [1.165, 1.54) is 0 Å². The summed E-state index contributed by atoms with van der Waals surface area (Å²) in [6.45, 7) is 2.74. The van der Waals surface area contributed by atoms with Gasteiger partial charge in [-0.15, -0.1) is 0 Å². The Hall–Kier alpha value is -2.81. The third kappa shape index (κ3) is 4.35. The summed E-state index contributed by atoms with van der Waals surface area (Å²) in [4.78, 5) is 38.6. The average molecular weight is 420 g/mol. The summed E-state index contributed by atoms with van der Waals surface area (Å²) in [7, 11) is 5.00. The number of nitrogens with zero attached hydrogens (tertiary/aromatic N) is 1. The van der Waals surface area contributed by atoms with Crippen LogP contribution in [0.3, 0.4) is 0 Å². The van der Waals surface area contributed by atoms with Crippen molar-refractivity contribution in [1.29, 1.82) is 0 Å². The van der Waals surface area contributed by atoms with Gasteiger partial charge in [-0.3, -0.25) is 15.0 Å². The highest BCUT2D eigenvalue weighted by atomic mass is 16.5. The first-order chi connectivity index (χ1) is 14.3. The number of amides is 4. The van der Waals surface area contributed by atoms with E-state index in [2.05, 4.69) is 17.7 Å². The lowest BCUT2D eigenvalue weighted by Crippen LogP contribution is -3.09. The molecule has 1 aromatic rings. The van der Waals surface area contributed by atoms with Gasteiger partial charge in [0.25, 0.3) is 11.8 Å². The highest BCUT2D eigenvalue weighted by molar-refractivity contribution is 6.08. The first kappa shape index (κ1) is 21.9. The Balaban J connectivity index is 1.59. The molecule has 1 saturated heterocycles. The zero-order valence-electron chi connectivity index (χ0n) is 18.0. The Morgan fingerprint density at radius 2 is 1.97 bits per heavy atom. The van der Waals surface area contributed by atoms with Gasteiger partial charge in [0.1, 0.15) is 12.1 Å². The van der Waals surface area contributed by atoms with E-state index >= 15 is 0 Å². The minimum Gasteiger partial charge on any atom is -0.493 e. The lowest BCUT2D eigenvalue weighted by Gasteiger charge is -2.33. The molecule has 164 valence electrons. The molecule has 30 heavy (non-hydrogen) atoms. The Morgan fingerprint density at radius 1 is 1.27 bits per heavy atom. The summed E-state index contributed by atoms with van der Waals surface area (Å²) < 4.78 is 10.7. The predicted molar refractivity (Wildman–Crippen MR) is 109 cm³/mol. The first-order valence-electron chi connectivity index (χ1n) is 10.3. The maximum atomic E-state index is 12.9. The smallest absolute Gasteiger partial charge is 0.344 e. The second kappa shape index (κ2) is 8.91. The standard InChI is InChI=1S/C21H30N4O5/c1-14-8-10-21(11-9-14)19(27)25(20(28)22-21)23-17(26)13-24(2)12-15-6-5-7-16(29-3)18(15)30-4/h5-7,14H,8-13H2,1-4H3,(H,22,28)(H,23,26)/p+1. The van der Waals surface area contributed by atoms with Gasteiger partial charge in [0.05, 0.1) is 26.8 Å². The van der Waals surface area contributed by atoms with Gasteiger partial charge in [-0.25, -0.2) is 4.79 Å². The van der Waals surface area contributed by atoms with E-state index in [1.54, 1.807) is 14.2 Å². The van der Waals surface area contributed by atoms with Gasteiger partial charge >= 0.3 is 6.03 Å². The van der Waals surface area contributed by atoms with Crippen molar-refractivity contribution >= 4 is 17.8 Å². The summed E-state index contributed by atoms with van der Waals surface area (Å²) >= 11 is 0. The van der Waals surface area contributed by atoms with Gasteiger partial charge in [-0.1, -0.05) is 13.0 Å². The predicted octanol–water partition coefficient (Wildman–Crippen LogP) is 0.250. The molecule has 3 N–H and O–H groups in total. The Kier molecular flexibility index (Phi) is 6.50. The third-order valence-electron chi connectivity index (χ3n) is 5.97. The number of methoxy groups -OCH3 is 2. The number of urea groups is 1. The molecule has 9 heteroatoms. The molecule has 1 aliphatic heterocycles. The fourth-order valence-corrected chi connectivity index (χ4v) is 4.23. The number of rotatable bonds is 7. The largest absolute Gasteiger partial charge is 0.493 e. The molecule has 0 bridgehead atoms. The fraction of sp³-hybridized carbons (Fsp3) is 0.571. The molecule has 1 atom stereocenters. The molecule has 1 aromatic carbocycles. The van der Waals surface area contributed by atoms with Crippen LogP contribution in [0, 0.1) is 5.92 Å². The van der Waals surface area contributed by atoms with Gasteiger partial charge in [-0.2, -0.15) is 5.01 Å². The average Bonchev–Trinajstić information content (AvgIpc) is 2.94. The van der Waals surface area contributed by atoms with Crippen molar-refractivity contribution in [3.63, 3.8) is 0 Å². The van der Waals surface area contributed by atoms with Crippen molar-refractivity contribution in [2.45, 2.75) is 44.7 Å². The summed E-state index contributed by atoms with van der Waals surface area (Å²) in [5.74, 6) is 1.02. The molecule has 1 unspecified atom stereocenters. The van der Waals surface area contributed by atoms with Crippen molar-refractivity contribution < 1.29 is 28.8 Å². The van der Waals surface area contributed by atoms with Crippen LogP contribution in [0.15, 0.2) is 18.2 Å². The Bertz CT molecular complexity index is 820. The van der Waals surface area contributed by atoms with Gasteiger partial charge in [0, 0.05) is 0 Å². The SMILES string of the molecule is COc1cccc(C[NH+](C)CC(=O)NN2C(=O)NC3(CCC(C)CC3)C2=O)c1OC. The van der Waals surface area contributed by atoms with Crippen LogP contribution in [-0.4, -0.2) is 56.2 Å². The number of hydrogen-bond acceptors (Lipinski definition) is 5. The van der Waals surface area contributed by atoms with E-state index in [-0.39, 0.29) is 12.5 Å². The van der Waals surface area contributed by atoms with Gasteiger partial charge in [0.15, 0.2) is 18.0 Å². The highest BCUT2D eigenvalue weighted by Gasteiger charge is 2.53. The molecule has 0 aromatic heterocycles. The second-order valence-electron chi connectivity index (χ2n) is 8.33. The fourth-order valence-electron chi connectivity index (χ4n) is 4.23. The van der Waals surface area contributed by atoms with Crippen LogP contribution in [0.1, 0.15) is 38.2 Å². The van der Waals surface area contributed by atoms with Crippen molar-refractivity contribution in [1.82, 2.24) is 15.8 Å². The number of nitrogens with one attached hydrogen (secondary N) is 3. The van der Waals surface area contributed by atoms with Gasteiger partial charge in [0.2, 0.25) is 0 Å². The molecular formula is C21H31N4O5+. The van der Waals surface area contributed by atoms with E-state index in [4.69, 9.17) is 9.47 Å². The number of quaternary nitrogens is 1. The minimum atomic E-state index is -0.871. The molecule has 3 rings (SSSR count). The van der Waals surface area contributed by atoms with Crippen molar-refractivity contribution in [3.05, 3.63) is 23.8 Å². The number of hydrogen-bond donors (Lipinski definition) is 3. The summed E-state index contributed by atoms with van der Waals surface area (Å²) in [6, 6.07) is 5.02. The first-order valence-corrected chi connectivity index (χ1v) is 10.3. The van der Waals surface area contributed by atoms with E-state index in [0.717, 1.165) is 28.3 Å². The maximum absolute atomic E-state index is 12.9. The van der Waals surface area contributed by atoms with Crippen LogP contribution in [0.4, 0.5) is 4.79 Å². The zero-order chi connectivity index (χ0) is 21.9. The Morgan fingerprint density at radius 3 is 2.60 bits per heavy atom. The van der Waals surface area contributed by atoms with Crippen molar-refractivity contribution in [2.75, 3.05) is 27.8 Å². The van der Waals surface area contributed by atoms with Crippen LogP contribution >= 0.6 is 0 Å². The number of likely N-dealkylation sites (N-methyl/N-ethyl adjacent to an activating group) is 1. The third-order valence-corrected chi connectivity index (χ3v) is 5.97. The highest BCUT2D eigenvalue weighted by Crippen LogP contribution is 2.35. The van der Waals surface area contributed by atoms with Crippen LogP contribution in [0.25, 0.3) is 0 Å². The lowest BCUT2D eigenvalue weighted by molar-refractivity contribution is -0.885. The number of para-hydroxylation sites is 1. The van der Waals surface area contributed by atoms with E-state index in [9.17, 15) is 14.4 Å². The minimum absolute atomic E-state index is 0.0848. The monoisotopic (exact) mass is 419 g/mol. The topological polar surface area (TPSA) is 101 Å². The number of carbonyl (C=O) groups is 3. The summed E-state index contributed by atoms with van der Waals surface area (Å²) in [6.07, 6.45) is 2.96. The number of ether oxygens (including phenoxy) is 2. The molecular weight excluding hydrogens is 388 g/mol. The zero-order valence-corrected chi connectivity index (χ0v) is 18.0. The van der Waals surface area contributed by atoms with Crippen LogP contribution in [-0.2, 0) is 16.1 Å². The van der Waals surface area contributed by atoms with Crippen LogP contribution in [0.2, 0.25) is 0 Å². The molecule has 1 spiro atoms. The van der Waals surface area contributed by atoms with Gasteiger partial charge in [-0.05, 0) is 43.7 Å². The van der Waals surface area contributed by atoms with Crippen LogP contribution < -0.4 is 25.1 Å². The Labute approximate surface area is 176 Å². The lowest BCUT2D eigenvalue weighted by atomic mass is 9.77. The number of benzene rings is 1. The van der Waals surface area contributed by atoms with Gasteiger partial charge < -0.3 is 19.7 Å². The van der Waals surface area contributed by atoms with E-state index < -0.39 is 17.5 Å². The molecule has 9 nitrogen and oxygen atoms in total. The molecule has 1 heterocycles. The number of imide groups is 1. The maximum Gasteiger partial charge on any atom is 0.344 e. The van der Waals surface area contributed by atoms with Crippen molar-refractivity contribution in [3.8, 4) is 11.5 Å². The van der Waals surface area contributed by atoms with E-state index in [0.29, 0.717) is 36.8 Å². The molecule has 0 radical (unpaired) electrons. The molecule has 2 fully saturated rings. The van der Waals surface area contributed by atoms with Crippen molar-refractivity contribution in [2.24, 2.45) is 5.92 Å². The number of carbonyl (C=O) groups excluding carboxylic acids is 3. The normalized spacial score (nSPS) is 24.5. The quantitative estimate of drug-likeness (QED) is 0.550. The molecule has 2 aliphatic rings. The molecule has 1 saturated carbocycles. The second-order valence-corrected chi connectivity index (χ2v) is 8.33. The molecule has 1 aliphatic carbocycles. The summed E-state index contributed by atoms with van der Waals surface area (Å²) in [5, 5.41) is 3.65. The van der Waals surface area contributed by atoms with E-state index in [1.807, 2.05) is 25.2 Å². The van der Waals surface area contributed by atoms with Crippen LogP contribution in [0.5, 0.6) is 11.5 Å².